The molecule has 0 spiro atoms. The van der Waals surface area contributed by atoms with Gasteiger partial charge in [0.15, 0.2) is 0 Å². The summed E-state index contributed by atoms with van der Waals surface area (Å²) in [5.41, 5.74) is 5.00. The number of rotatable bonds is 5. The minimum absolute atomic E-state index is 0.475. The number of hydrogen-bond donors (Lipinski definition) is 0. The highest BCUT2D eigenvalue weighted by molar-refractivity contribution is 5.86. The van der Waals surface area contributed by atoms with Crippen LogP contribution in [0, 0.1) is 37.3 Å². The molecule has 26 heavy (non-hydrogen) atoms. The van der Waals surface area contributed by atoms with E-state index in [2.05, 4.69) is 35.5 Å². The molecule has 0 bridgehead atoms. The number of halogens is 2. The molecular formula is C21H23F2N3. The largest absolute Gasteiger partial charge is 0.343 e. The van der Waals surface area contributed by atoms with Gasteiger partial charge in [-0.3, -0.25) is 0 Å². The van der Waals surface area contributed by atoms with Gasteiger partial charge in [-0.2, -0.15) is 10.2 Å². The fourth-order valence-electron chi connectivity index (χ4n) is 3.82. The molecule has 0 aliphatic heterocycles. The predicted molar refractivity (Wildman–Crippen MR) is 98.0 cm³/mol. The molecule has 1 aliphatic rings. The van der Waals surface area contributed by atoms with Crippen LogP contribution in [-0.4, -0.2) is 14.8 Å². The van der Waals surface area contributed by atoms with Crippen LogP contribution in [0.1, 0.15) is 35.9 Å². The number of hydrogen-bond acceptors (Lipinski definition) is 2. The van der Waals surface area contributed by atoms with Gasteiger partial charge in [0.1, 0.15) is 11.6 Å². The van der Waals surface area contributed by atoms with Gasteiger partial charge >= 0.3 is 0 Å². The molecule has 1 aromatic carbocycles. The van der Waals surface area contributed by atoms with E-state index in [1.54, 1.807) is 0 Å². The van der Waals surface area contributed by atoms with Gasteiger partial charge in [-0.25, -0.2) is 8.78 Å². The molecule has 3 aromatic rings. The lowest BCUT2D eigenvalue weighted by atomic mass is 10.1. The van der Waals surface area contributed by atoms with Crippen LogP contribution in [-0.2, 0) is 19.4 Å². The van der Waals surface area contributed by atoms with Crippen LogP contribution in [0.4, 0.5) is 8.78 Å². The summed E-state index contributed by atoms with van der Waals surface area (Å²) in [6.07, 6.45) is 4.15. The van der Waals surface area contributed by atoms with Crippen LogP contribution in [0.3, 0.4) is 0 Å². The highest BCUT2D eigenvalue weighted by Crippen LogP contribution is 2.41. The minimum Gasteiger partial charge on any atom is -0.343 e. The Kier molecular flexibility index (Phi) is 4.25. The van der Waals surface area contributed by atoms with Gasteiger partial charge in [0.05, 0.1) is 17.4 Å². The minimum atomic E-state index is -0.549. The Morgan fingerprint density at radius 1 is 1.19 bits per heavy atom. The average Bonchev–Trinajstić information content (AvgIpc) is 3.26. The fourth-order valence-corrected chi connectivity index (χ4v) is 3.82. The lowest BCUT2D eigenvalue weighted by molar-refractivity contribution is 0.570. The zero-order valence-electron chi connectivity index (χ0n) is 15.4. The zero-order valence-corrected chi connectivity index (χ0v) is 15.4. The zero-order chi connectivity index (χ0) is 18.4. The normalized spacial score (nSPS) is 19.3. The van der Waals surface area contributed by atoms with Crippen LogP contribution in [0.15, 0.2) is 24.4 Å². The SMILES string of the molecule is Cc1c(C)n(CC2CC2C)c2c(CCc3ccc(F)cc3F)nncc12. The predicted octanol–water partition coefficient (Wildman–Crippen LogP) is 4.77. The van der Waals surface area contributed by atoms with E-state index in [1.165, 1.54) is 29.8 Å². The van der Waals surface area contributed by atoms with Gasteiger partial charge in [-0.05, 0) is 62.1 Å². The smallest absolute Gasteiger partial charge is 0.129 e. The number of nitrogens with zero attached hydrogens (tertiary/aromatic N) is 3. The summed E-state index contributed by atoms with van der Waals surface area (Å²) in [5, 5.41) is 9.66. The molecule has 0 amide bonds. The maximum absolute atomic E-state index is 14.0. The molecule has 1 saturated carbocycles. The molecule has 2 heterocycles. The van der Waals surface area contributed by atoms with Gasteiger partial charge in [-0.15, -0.1) is 0 Å². The summed E-state index contributed by atoms with van der Waals surface area (Å²) in [6, 6.07) is 3.75. The quantitative estimate of drug-likeness (QED) is 0.660. The van der Waals surface area contributed by atoms with E-state index in [-0.39, 0.29) is 0 Å². The molecule has 2 atom stereocenters. The van der Waals surface area contributed by atoms with Crippen LogP contribution in [0.25, 0.3) is 10.9 Å². The maximum Gasteiger partial charge on any atom is 0.129 e. The number of fused-ring (bicyclic) bond motifs is 1. The summed E-state index contributed by atoms with van der Waals surface area (Å²) in [7, 11) is 0. The summed E-state index contributed by atoms with van der Waals surface area (Å²) < 4.78 is 29.4. The molecule has 5 heteroatoms. The van der Waals surface area contributed by atoms with Gasteiger partial charge in [-0.1, -0.05) is 13.0 Å². The monoisotopic (exact) mass is 355 g/mol. The van der Waals surface area contributed by atoms with E-state index >= 15 is 0 Å². The Hall–Kier alpha value is -2.30. The summed E-state index contributed by atoms with van der Waals surface area (Å²) >= 11 is 0. The van der Waals surface area contributed by atoms with Gasteiger partial charge in [0.25, 0.3) is 0 Å². The van der Waals surface area contributed by atoms with Crippen molar-refractivity contribution in [3.8, 4) is 0 Å². The van der Waals surface area contributed by atoms with Crippen molar-refractivity contribution in [3.63, 3.8) is 0 Å². The van der Waals surface area contributed by atoms with Crippen molar-refractivity contribution in [2.24, 2.45) is 11.8 Å². The molecule has 0 saturated heterocycles. The first-order valence-corrected chi connectivity index (χ1v) is 9.19. The molecule has 1 fully saturated rings. The Balaban J connectivity index is 1.69. The first-order valence-electron chi connectivity index (χ1n) is 9.19. The summed E-state index contributed by atoms with van der Waals surface area (Å²) in [5.74, 6) is 0.449. The van der Waals surface area contributed by atoms with Crippen LogP contribution >= 0.6 is 0 Å². The van der Waals surface area contributed by atoms with Gasteiger partial charge in [0, 0.05) is 23.7 Å². The molecule has 2 aromatic heterocycles. The van der Waals surface area contributed by atoms with Crippen molar-refractivity contribution >= 4 is 10.9 Å². The van der Waals surface area contributed by atoms with Crippen LogP contribution < -0.4 is 0 Å². The van der Waals surface area contributed by atoms with Gasteiger partial charge in [0.2, 0.25) is 0 Å². The van der Waals surface area contributed by atoms with E-state index in [4.69, 9.17) is 0 Å². The second-order valence-electron chi connectivity index (χ2n) is 7.58. The van der Waals surface area contributed by atoms with E-state index in [0.717, 1.165) is 41.0 Å². The second-order valence-corrected chi connectivity index (χ2v) is 7.58. The maximum atomic E-state index is 14.0. The Bertz CT molecular complexity index is 977. The standard InChI is InChI=1S/C21H23F2N3/c1-12-8-16(12)11-26-14(3)13(2)18-10-24-25-20(21(18)26)7-5-15-4-6-17(22)9-19(15)23/h4,6,9-10,12,16H,5,7-8,11H2,1-3H3. The summed E-state index contributed by atoms with van der Waals surface area (Å²) in [6.45, 7) is 7.55. The number of aryl methyl sites for hydroxylation is 3. The lowest BCUT2D eigenvalue weighted by Crippen LogP contribution is -2.07. The van der Waals surface area contributed by atoms with E-state index in [1.807, 2.05) is 6.20 Å². The van der Waals surface area contributed by atoms with E-state index in [9.17, 15) is 8.78 Å². The third-order valence-corrected chi connectivity index (χ3v) is 5.85. The van der Waals surface area contributed by atoms with Crippen LogP contribution in [0.2, 0.25) is 0 Å². The summed E-state index contributed by atoms with van der Waals surface area (Å²) in [4.78, 5) is 0. The Morgan fingerprint density at radius 3 is 2.65 bits per heavy atom. The lowest BCUT2D eigenvalue weighted by Gasteiger charge is -2.11. The molecule has 3 nitrogen and oxygen atoms in total. The van der Waals surface area contributed by atoms with Crippen molar-refractivity contribution < 1.29 is 8.78 Å². The van der Waals surface area contributed by atoms with E-state index in [0.29, 0.717) is 18.4 Å². The first kappa shape index (κ1) is 17.1. The van der Waals surface area contributed by atoms with Gasteiger partial charge < -0.3 is 4.57 Å². The Labute approximate surface area is 152 Å². The van der Waals surface area contributed by atoms with Crippen LogP contribution in [0.5, 0.6) is 0 Å². The third kappa shape index (κ3) is 3.00. The van der Waals surface area contributed by atoms with Crippen molar-refractivity contribution in [1.29, 1.82) is 0 Å². The fraction of sp³-hybridized carbons (Fsp3) is 0.429. The van der Waals surface area contributed by atoms with Crippen molar-refractivity contribution in [2.75, 3.05) is 0 Å². The molecule has 0 radical (unpaired) electrons. The number of aromatic nitrogens is 3. The van der Waals surface area contributed by atoms with Crippen molar-refractivity contribution in [3.05, 3.63) is 58.5 Å². The Morgan fingerprint density at radius 2 is 1.96 bits per heavy atom. The molecular weight excluding hydrogens is 332 g/mol. The first-order chi connectivity index (χ1) is 12.5. The van der Waals surface area contributed by atoms with E-state index < -0.39 is 11.6 Å². The molecule has 1 aliphatic carbocycles. The highest BCUT2D eigenvalue weighted by Gasteiger charge is 2.33. The third-order valence-electron chi connectivity index (χ3n) is 5.85. The average molecular weight is 355 g/mol. The van der Waals surface area contributed by atoms with Crippen molar-refractivity contribution in [2.45, 2.75) is 46.6 Å². The second kappa shape index (κ2) is 6.45. The topological polar surface area (TPSA) is 30.7 Å². The molecule has 136 valence electrons. The molecule has 2 unspecified atom stereocenters. The molecule has 0 N–H and O–H groups in total. The molecule has 4 rings (SSSR count). The van der Waals surface area contributed by atoms with Crippen molar-refractivity contribution in [1.82, 2.24) is 14.8 Å². The highest BCUT2D eigenvalue weighted by atomic mass is 19.1. The number of benzene rings is 1.